The Morgan fingerprint density at radius 1 is 1.20 bits per heavy atom. The second-order valence-electron chi connectivity index (χ2n) is 4.86. The van der Waals surface area contributed by atoms with Crippen molar-refractivity contribution in [3.63, 3.8) is 0 Å². The lowest BCUT2D eigenvalue weighted by molar-refractivity contribution is 0.545. The zero-order valence-corrected chi connectivity index (χ0v) is 12.4. The highest BCUT2D eigenvalue weighted by Crippen LogP contribution is 2.23. The molecule has 0 aromatic carbocycles. The van der Waals surface area contributed by atoms with Crippen molar-refractivity contribution >= 4 is 11.3 Å². The molecule has 0 spiro atoms. The number of aromatic nitrogens is 2. The third-order valence-corrected chi connectivity index (χ3v) is 4.21. The summed E-state index contributed by atoms with van der Waals surface area (Å²) in [5, 5.41) is 14.9. The van der Waals surface area contributed by atoms with Gasteiger partial charge in [0.15, 0.2) is 5.76 Å². The Bertz CT molecular complexity index is 695. The summed E-state index contributed by atoms with van der Waals surface area (Å²) >= 11 is 1.74. The van der Waals surface area contributed by atoms with Crippen LogP contribution in [-0.4, -0.2) is 10.2 Å². The van der Waals surface area contributed by atoms with E-state index in [4.69, 9.17) is 4.42 Å². The highest BCUT2D eigenvalue weighted by atomic mass is 32.1. The summed E-state index contributed by atoms with van der Waals surface area (Å²) in [7, 11) is 0. The van der Waals surface area contributed by atoms with Crippen molar-refractivity contribution in [2.24, 2.45) is 0 Å². The maximum absolute atomic E-state index is 5.64. The molecule has 104 valence electrons. The summed E-state index contributed by atoms with van der Waals surface area (Å²) in [6.45, 7) is 5.72. The van der Waals surface area contributed by atoms with E-state index in [9.17, 15) is 0 Å². The van der Waals surface area contributed by atoms with Crippen molar-refractivity contribution in [2.45, 2.75) is 26.9 Å². The topological polar surface area (TPSA) is 53.9 Å². The standard InChI is InChI=1S/C15H17N3OS/c1-10-8-20-9-13(10)6-16-5-12-7-17-18-15(12)14-4-3-11(2)19-14/h3-4,7-9,16H,5-6H2,1-2H3,(H,17,18). The van der Waals surface area contributed by atoms with Gasteiger partial charge in [-0.1, -0.05) is 0 Å². The van der Waals surface area contributed by atoms with Gasteiger partial charge in [-0.25, -0.2) is 0 Å². The van der Waals surface area contributed by atoms with Gasteiger partial charge in [-0.3, -0.25) is 5.10 Å². The number of thiophene rings is 1. The van der Waals surface area contributed by atoms with E-state index < -0.39 is 0 Å². The maximum Gasteiger partial charge on any atom is 0.152 e. The van der Waals surface area contributed by atoms with Crippen LogP contribution in [0.5, 0.6) is 0 Å². The molecule has 3 aromatic heterocycles. The van der Waals surface area contributed by atoms with Crippen LogP contribution in [0.3, 0.4) is 0 Å². The van der Waals surface area contributed by atoms with Crippen LogP contribution in [0.4, 0.5) is 0 Å². The summed E-state index contributed by atoms with van der Waals surface area (Å²) in [4.78, 5) is 0. The monoisotopic (exact) mass is 287 g/mol. The number of aryl methyl sites for hydroxylation is 2. The molecule has 4 nitrogen and oxygen atoms in total. The zero-order chi connectivity index (χ0) is 13.9. The van der Waals surface area contributed by atoms with Gasteiger partial charge in [-0.15, -0.1) is 0 Å². The average Bonchev–Trinajstić information content (AvgIpc) is 3.12. The Kier molecular flexibility index (Phi) is 3.71. The largest absolute Gasteiger partial charge is 0.460 e. The van der Waals surface area contributed by atoms with Crippen molar-refractivity contribution in [2.75, 3.05) is 0 Å². The predicted molar refractivity (Wildman–Crippen MR) is 80.6 cm³/mol. The average molecular weight is 287 g/mol. The Morgan fingerprint density at radius 3 is 2.75 bits per heavy atom. The van der Waals surface area contributed by atoms with Crippen molar-refractivity contribution in [3.8, 4) is 11.5 Å². The highest BCUT2D eigenvalue weighted by molar-refractivity contribution is 7.08. The Hall–Kier alpha value is -1.85. The van der Waals surface area contributed by atoms with Gasteiger partial charge in [-0.2, -0.15) is 16.4 Å². The molecule has 0 fully saturated rings. The summed E-state index contributed by atoms with van der Waals surface area (Å²) in [6, 6.07) is 3.93. The number of hydrogen-bond acceptors (Lipinski definition) is 4. The first-order chi connectivity index (χ1) is 9.74. The quantitative estimate of drug-likeness (QED) is 0.753. The smallest absolute Gasteiger partial charge is 0.152 e. The van der Waals surface area contributed by atoms with Crippen LogP contribution < -0.4 is 5.32 Å². The van der Waals surface area contributed by atoms with Gasteiger partial charge in [0.25, 0.3) is 0 Å². The normalized spacial score (nSPS) is 11.1. The molecule has 0 saturated carbocycles. The first kappa shape index (κ1) is 13.1. The van der Waals surface area contributed by atoms with E-state index in [1.165, 1.54) is 11.1 Å². The van der Waals surface area contributed by atoms with Crippen LogP contribution in [0, 0.1) is 13.8 Å². The summed E-state index contributed by atoms with van der Waals surface area (Å²) in [5.41, 5.74) is 4.77. The number of H-pyrrole nitrogens is 1. The fourth-order valence-corrected chi connectivity index (χ4v) is 2.98. The molecule has 0 amide bonds. The maximum atomic E-state index is 5.64. The van der Waals surface area contributed by atoms with Crippen LogP contribution in [0.25, 0.3) is 11.5 Å². The van der Waals surface area contributed by atoms with E-state index >= 15 is 0 Å². The Morgan fingerprint density at radius 2 is 2.05 bits per heavy atom. The van der Waals surface area contributed by atoms with Gasteiger partial charge in [0.2, 0.25) is 0 Å². The highest BCUT2D eigenvalue weighted by Gasteiger charge is 2.10. The second kappa shape index (κ2) is 5.64. The second-order valence-corrected chi connectivity index (χ2v) is 5.61. The van der Waals surface area contributed by atoms with E-state index in [2.05, 4.69) is 33.2 Å². The molecule has 0 atom stereocenters. The minimum Gasteiger partial charge on any atom is -0.460 e. The van der Waals surface area contributed by atoms with Crippen LogP contribution in [0.2, 0.25) is 0 Å². The molecule has 3 rings (SSSR count). The van der Waals surface area contributed by atoms with Crippen molar-refractivity contribution in [1.82, 2.24) is 15.5 Å². The molecule has 5 heteroatoms. The molecule has 0 saturated heterocycles. The van der Waals surface area contributed by atoms with Crippen molar-refractivity contribution in [1.29, 1.82) is 0 Å². The number of rotatable bonds is 5. The lowest BCUT2D eigenvalue weighted by Gasteiger charge is -2.04. The van der Waals surface area contributed by atoms with E-state index in [0.29, 0.717) is 0 Å². The van der Waals surface area contributed by atoms with Gasteiger partial charge in [0.1, 0.15) is 11.5 Å². The van der Waals surface area contributed by atoms with Crippen LogP contribution in [-0.2, 0) is 13.1 Å². The van der Waals surface area contributed by atoms with Crippen LogP contribution in [0.1, 0.15) is 22.5 Å². The van der Waals surface area contributed by atoms with E-state index in [1.807, 2.05) is 25.3 Å². The van der Waals surface area contributed by atoms with Crippen LogP contribution >= 0.6 is 11.3 Å². The van der Waals surface area contributed by atoms with Gasteiger partial charge < -0.3 is 9.73 Å². The molecule has 2 N–H and O–H groups in total. The van der Waals surface area contributed by atoms with E-state index in [0.717, 1.165) is 35.9 Å². The molecule has 0 radical (unpaired) electrons. The van der Waals surface area contributed by atoms with Gasteiger partial charge in [0.05, 0.1) is 6.20 Å². The minimum atomic E-state index is 0.765. The van der Waals surface area contributed by atoms with Gasteiger partial charge >= 0.3 is 0 Å². The fraction of sp³-hybridized carbons (Fsp3) is 0.267. The van der Waals surface area contributed by atoms with Crippen molar-refractivity contribution in [3.05, 3.63) is 51.5 Å². The van der Waals surface area contributed by atoms with E-state index in [-0.39, 0.29) is 0 Å². The number of hydrogen-bond donors (Lipinski definition) is 2. The number of aromatic amines is 1. The molecule has 0 aliphatic carbocycles. The summed E-state index contributed by atoms with van der Waals surface area (Å²) in [6.07, 6.45) is 1.85. The number of furan rings is 1. The minimum absolute atomic E-state index is 0.765. The first-order valence-electron chi connectivity index (χ1n) is 6.55. The third kappa shape index (κ3) is 2.69. The van der Waals surface area contributed by atoms with Gasteiger partial charge in [0, 0.05) is 18.7 Å². The molecule has 20 heavy (non-hydrogen) atoms. The van der Waals surface area contributed by atoms with Crippen molar-refractivity contribution < 1.29 is 4.42 Å². The summed E-state index contributed by atoms with van der Waals surface area (Å²) < 4.78 is 5.64. The molecule has 0 unspecified atom stereocenters. The molecule has 3 heterocycles. The van der Waals surface area contributed by atoms with Crippen LogP contribution in [0.15, 0.2) is 33.5 Å². The lowest BCUT2D eigenvalue weighted by atomic mass is 10.2. The molecule has 3 aromatic rings. The van der Waals surface area contributed by atoms with E-state index in [1.54, 1.807) is 11.3 Å². The number of nitrogens with one attached hydrogen (secondary N) is 2. The number of nitrogens with zero attached hydrogens (tertiary/aromatic N) is 1. The van der Waals surface area contributed by atoms with Gasteiger partial charge in [-0.05, 0) is 47.9 Å². The summed E-state index contributed by atoms with van der Waals surface area (Å²) in [5.74, 6) is 1.74. The molecular weight excluding hydrogens is 270 g/mol. The predicted octanol–water partition coefficient (Wildman–Crippen LogP) is 3.64. The third-order valence-electron chi connectivity index (χ3n) is 3.30. The Balaban J connectivity index is 1.67. The Labute approximate surface area is 121 Å². The lowest BCUT2D eigenvalue weighted by Crippen LogP contribution is -2.12. The fourth-order valence-electron chi connectivity index (χ4n) is 2.13. The molecule has 0 bridgehead atoms. The zero-order valence-electron chi connectivity index (χ0n) is 11.6. The SMILES string of the molecule is Cc1ccc(-c2[nH]ncc2CNCc2cscc2C)o1. The molecule has 0 aliphatic heterocycles. The molecule has 0 aliphatic rings. The first-order valence-corrected chi connectivity index (χ1v) is 7.50. The molecular formula is C15H17N3OS.